The van der Waals surface area contributed by atoms with Gasteiger partial charge in [-0.15, -0.1) is 0 Å². The van der Waals surface area contributed by atoms with E-state index in [-0.39, 0.29) is 17.7 Å². The average Bonchev–Trinajstić information content (AvgIpc) is 2.63. The molecule has 1 fully saturated rings. The van der Waals surface area contributed by atoms with Gasteiger partial charge in [0.2, 0.25) is 5.91 Å². The lowest BCUT2D eigenvalue weighted by atomic mass is 9.97. The molecule has 0 radical (unpaired) electrons. The minimum atomic E-state index is -0.213. The predicted molar refractivity (Wildman–Crippen MR) is 104 cm³/mol. The van der Waals surface area contributed by atoms with Crippen LogP contribution in [-0.2, 0) is 11.3 Å². The van der Waals surface area contributed by atoms with Gasteiger partial charge in [0.15, 0.2) is 0 Å². The first-order valence-corrected chi connectivity index (χ1v) is 9.33. The quantitative estimate of drug-likeness (QED) is 0.783. The van der Waals surface area contributed by atoms with Crippen LogP contribution in [0.2, 0.25) is 0 Å². The smallest absolute Gasteiger partial charge is 0.257 e. The van der Waals surface area contributed by atoms with Gasteiger partial charge in [-0.05, 0) is 59.1 Å². The number of primary amides is 1. The molecule has 1 atom stereocenters. The van der Waals surface area contributed by atoms with Gasteiger partial charge in [0.05, 0.1) is 11.5 Å². The van der Waals surface area contributed by atoms with Crippen molar-refractivity contribution < 1.29 is 9.59 Å². The molecule has 1 aromatic heterocycles. The van der Waals surface area contributed by atoms with Crippen molar-refractivity contribution in [2.45, 2.75) is 19.4 Å². The number of benzene rings is 1. The van der Waals surface area contributed by atoms with E-state index in [0.717, 1.165) is 41.7 Å². The Kier molecular flexibility index (Phi) is 6.00. The molecular weight excluding hydrogens is 396 g/mol. The summed E-state index contributed by atoms with van der Waals surface area (Å²) in [7, 11) is 0. The number of nitrogens with one attached hydrogen (secondary N) is 1. The lowest BCUT2D eigenvalue weighted by molar-refractivity contribution is -0.123. The topological polar surface area (TPSA) is 88.3 Å². The SMILES string of the molecule is NC(=O)C1CCCN(Cc2ccc(NC(=O)c3cncc(Br)c3)cc2)C1. The summed E-state index contributed by atoms with van der Waals surface area (Å²) < 4.78 is 0.760. The molecule has 2 heterocycles. The van der Waals surface area contributed by atoms with Crippen LogP contribution in [-0.4, -0.2) is 34.8 Å². The van der Waals surface area contributed by atoms with Gasteiger partial charge >= 0.3 is 0 Å². The Morgan fingerprint density at radius 1 is 1.27 bits per heavy atom. The number of pyridine rings is 1. The molecule has 3 N–H and O–H groups in total. The molecule has 7 heteroatoms. The zero-order valence-corrected chi connectivity index (χ0v) is 15.9. The molecule has 6 nitrogen and oxygen atoms in total. The summed E-state index contributed by atoms with van der Waals surface area (Å²) in [5.74, 6) is -0.470. The van der Waals surface area contributed by atoms with Crippen molar-refractivity contribution in [1.82, 2.24) is 9.88 Å². The summed E-state index contributed by atoms with van der Waals surface area (Å²) in [5.41, 5.74) is 7.79. The van der Waals surface area contributed by atoms with Crippen LogP contribution in [0.1, 0.15) is 28.8 Å². The van der Waals surface area contributed by atoms with Gasteiger partial charge < -0.3 is 11.1 Å². The average molecular weight is 417 g/mol. The van der Waals surface area contributed by atoms with E-state index in [4.69, 9.17) is 5.73 Å². The summed E-state index contributed by atoms with van der Waals surface area (Å²) in [4.78, 5) is 29.9. The highest BCUT2D eigenvalue weighted by atomic mass is 79.9. The molecule has 26 heavy (non-hydrogen) atoms. The lowest BCUT2D eigenvalue weighted by Crippen LogP contribution is -2.40. The van der Waals surface area contributed by atoms with E-state index in [0.29, 0.717) is 12.1 Å². The van der Waals surface area contributed by atoms with Crippen LogP contribution in [0.15, 0.2) is 47.2 Å². The van der Waals surface area contributed by atoms with E-state index >= 15 is 0 Å². The molecular formula is C19H21BrN4O2. The summed E-state index contributed by atoms with van der Waals surface area (Å²) in [6.45, 7) is 2.45. The molecule has 1 aliphatic heterocycles. The number of aromatic nitrogens is 1. The summed E-state index contributed by atoms with van der Waals surface area (Å²) >= 11 is 3.31. The third-order valence-corrected chi connectivity index (χ3v) is 4.93. The molecule has 1 aliphatic rings. The van der Waals surface area contributed by atoms with Gasteiger partial charge in [-0.25, -0.2) is 0 Å². The molecule has 1 saturated heterocycles. The number of amides is 2. The Hall–Kier alpha value is -2.25. The minimum Gasteiger partial charge on any atom is -0.369 e. The fourth-order valence-electron chi connectivity index (χ4n) is 3.12. The normalized spacial score (nSPS) is 17.7. The Balaban J connectivity index is 1.58. The number of rotatable bonds is 5. The second-order valence-corrected chi connectivity index (χ2v) is 7.44. The first-order chi connectivity index (χ1) is 12.5. The molecule has 1 unspecified atom stereocenters. The van der Waals surface area contributed by atoms with E-state index < -0.39 is 0 Å². The molecule has 136 valence electrons. The minimum absolute atomic E-state index is 0.0545. The van der Waals surface area contributed by atoms with Gasteiger partial charge in [-0.1, -0.05) is 12.1 Å². The molecule has 3 rings (SSSR count). The van der Waals surface area contributed by atoms with E-state index in [1.54, 1.807) is 12.3 Å². The number of anilines is 1. The molecule has 1 aromatic carbocycles. The third-order valence-electron chi connectivity index (χ3n) is 4.49. The number of likely N-dealkylation sites (tertiary alicyclic amines) is 1. The maximum atomic E-state index is 12.2. The Labute approximate surface area is 160 Å². The second-order valence-electron chi connectivity index (χ2n) is 6.52. The van der Waals surface area contributed by atoms with Gasteiger partial charge in [0.25, 0.3) is 5.91 Å². The highest BCUT2D eigenvalue weighted by Gasteiger charge is 2.23. The second kappa shape index (κ2) is 8.42. The van der Waals surface area contributed by atoms with Crippen LogP contribution in [0.25, 0.3) is 0 Å². The fourth-order valence-corrected chi connectivity index (χ4v) is 3.49. The van der Waals surface area contributed by atoms with E-state index in [2.05, 4.69) is 31.1 Å². The summed E-state index contributed by atoms with van der Waals surface area (Å²) in [6, 6.07) is 9.47. The lowest BCUT2D eigenvalue weighted by Gasteiger charge is -2.31. The van der Waals surface area contributed by atoms with Gasteiger partial charge in [-0.3, -0.25) is 19.5 Å². The molecule has 0 spiro atoms. The standard InChI is InChI=1S/C19H21BrN4O2/c20-16-8-15(9-22-10-16)19(26)23-17-5-3-13(4-6-17)11-24-7-1-2-14(12-24)18(21)25/h3-6,8-10,14H,1-2,7,11-12H2,(H2,21,25)(H,23,26). The van der Waals surface area contributed by atoms with E-state index in [1.165, 1.54) is 6.20 Å². The number of carbonyl (C=O) groups excluding carboxylic acids is 2. The number of hydrogen-bond acceptors (Lipinski definition) is 4. The largest absolute Gasteiger partial charge is 0.369 e. The van der Waals surface area contributed by atoms with Crippen molar-refractivity contribution in [2.75, 3.05) is 18.4 Å². The first-order valence-electron chi connectivity index (χ1n) is 8.54. The van der Waals surface area contributed by atoms with Gasteiger partial charge in [0, 0.05) is 35.6 Å². The van der Waals surface area contributed by atoms with Crippen molar-refractivity contribution >= 4 is 33.4 Å². The van der Waals surface area contributed by atoms with Crippen LogP contribution >= 0.6 is 15.9 Å². The van der Waals surface area contributed by atoms with Crippen molar-refractivity contribution in [1.29, 1.82) is 0 Å². The maximum absolute atomic E-state index is 12.2. The van der Waals surface area contributed by atoms with Crippen LogP contribution in [0.3, 0.4) is 0 Å². The number of nitrogens with zero attached hydrogens (tertiary/aromatic N) is 2. The van der Waals surface area contributed by atoms with Crippen LogP contribution in [0.4, 0.5) is 5.69 Å². The highest BCUT2D eigenvalue weighted by Crippen LogP contribution is 2.19. The van der Waals surface area contributed by atoms with Crippen LogP contribution in [0.5, 0.6) is 0 Å². The predicted octanol–water partition coefficient (Wildman–Crippen LogP) is 2.79. The highest BCUT2D eigenvalue weighted by molar-refractivity contribution is 9.10. The van der Waals surface area contributed by atoms with Crippen LogP contribution < -0.4 is 11.1 Å². The maximum Gasteiger partial charge on any atom is 0.257 e. The molecule has 2 amide bonds. The Bertz CT molecular complexity index is 794. The summed E-state index contributed by atoms with van der Waals surface area (Å²) in [5, 5.41) is 2.86. The molecule has 2 aromatic rings. The number of piperidine rings is 1. The van der Waals surface area contributed by atoms with E-state index in [9.17, 15) is 9.59 Å². The third kappa shape index (κ3) is 4.89. The van der Waals surface area contributed by atoms with Crippen molar-refractivity contribution in [3.8, 4) is 0 Å². The zero-order valence-electron chi connectivity index (χ0n) is 14.3. The number of nitrogens with two attached hydrogens (primary N) is 1. The fraction of sp³-hybridized carbons (Fsp3) is 0.316. The van der Waals surface area contributed by atoms with Crippen molar-refractivity contribution in [3.05, 3.63) is 58.3 Å². The zero-order chi connectivity index (χ0) is 18.5. The van der Waals surface area contributed by atoms with Crippen LogP contribution in [0, 0.1) is 5.92 Å². The molecule has 0 aliphatic carbocycles. The van der Waals surface area contributed by atoms with Gasteiger partial charge in [-0.2, -0.15) is 0 Å². The van der Waals surface area contributed by atoms with Gasteiger partial charge in [0.1, 0.15) is 0 Å². The first kappa shape index (κ1) is 18.5. The number of carbonyl (C=O) groups is 2. The van der Waals surface area contributed by atoms with Crippen molar-refractivity contribution in [2.24, 2.45) is 11.7 Å². The molecule has 0 saturated carbocycles. The number of hydrogen-bond donors (Lipinski definition) is 2. The van der Waals surface area contributed by atoms with Crippen molar-refractivity contribution in [3.63, 3.8) is 0 Å². The molecule has 0 bridgehead atoms. The summed E-state index contributed by atoms with van der Waals surface area (Å²) in [6.07, 6.45) is 5.03. The Morgan fingerprint density at radius 3 is 2.73 bits per heavy atom. The number of halogens is 1. The monoisotopic (exact) mass is 416 g/mol. The Morgan fingerprint density at radius 2 is 2.04 bits per heavy atom. The van der Waals surface area contributed by atoms with E-state index in [1.807, 2.05) is 24.3 Å².